The summed E-state index contributed by atoms with van der Waals surface area (Å²) in [5, 5.41) is 8.28. The number of H-pyrrole nitrogens is 1. The summed E-state index contributed by atoms with van der Waals surface area (Å²) in [6, 6.07) is 3.66. The van der Waals surface area contributed by atoms with Gasteiger partial charge in [0.05, 0.1) is 24.0 Å². The number of hydrogen-bond acceptors (Lipinski definition) is 6. The minimum atomic E-state index is -3.67. The van der Waals surface area contributed by atoms with E-state index < -0.39 is 16.2 Å². The van der Waals surface area contributed by atoms with E-state index >= 15 is 0 Å². The maximum absolute atomic E-state index is 12.7. The monoisotopic (exact) mass is 423 g/mol. The Morgan fingerprint density at radius 2 is 1.93 bits per heavy atom. The first kappa shape index (κ1) is 21.7. The number of piperidine rings is 1. The van der Waals surface area contributed by atoms with Gasteiger partial charge in [-0.1, -0.05) is 12.5 Å². The molecule has 1 aromatic carbocycles. The number of hydrogen-bond donors (Lipinski definition) is 3. The van der Waals surface area contributed by atoms with Gasteiger partial charge in [0.25, 0.3) is 10.1 Å². The zero-order valence-corrected chi connectivity index (χ0v) is 17.5. The van der Waals surface area contributed by atoms with Crippen LogP contribution in [0.15, 0.2) is 18.3 Å². The van der Waals surface area contributed by atoms with Crippen molar-refractivity contribution in [3.05, 3.63) is 29.5 Å². The molecule has 2 aliphatic heterocycles. The highest BCUT2D eigenvalue weighted by Gasteiger charge is 2.28. The molecule has 4 N–H and O–H groups in total. The second-order valence-corrected chi connectivity index (χ2v) is 9.21. The molecular formula is C19H29N5O4S. The second kappa shape index (κ2) is 9.21. The van der Waals surface area contributed by atoms with Crippen LogP contribution in [-0.4, -0.2) is 77.4 Å². The molecule has 0 unspecified atom stereocenters. The molecule has 0 aliphatic carbocycles. The first-order valence-corrected chi connectivity index (χ1v) is 11.7. The van der Waals surface area contributed by atoms with Crippen LogP contribution in [0.5, 0.6) is 0 Å². The van der Waals surface area contributed by atoms with E-state index in [4.69, 9.17) is 10.3 Å². The van der Waals surface area contributed by atoms with Crippen LogP contribution in [0.1, 0.15) is 30.4 Å². The lowest BCUT2D eigenvalue weighted by Crippen LogP contribution is -2.46. The molecular weight excluding hydrogens is 394 g/mol. The van der Waals surface area contributed by atoms with Crippen molar-refractivity contribution in [3.8, 4) is 0 Å². The van der Waals surface area contributed by atoms with E-state index in [0.29, 0.717) is 19.2 Å². The third-order valence-electron chi connectivity index (χ3n) is 5.39. The van der Waals surface area contributed by atoms with E-state index in [2.05, 4.69) is 21.2 Å². The van der Waals surface area contributed by atoms with Gasteiger partial charge in [-0.3, -0.25) is 14.4 Å². The van der Waals surface area contributed by atoms with Crippen molar-refractivity contribution in [2.75, 3.05) is 32.4 Å². The molecule has 9 nitrogen and oxygen atoms in total. The van der Waals surface area contributed by atoms with E-state index in [1.165, 1.54) is 30.4 Å². The van der Waals surface area contributed by atoms with Crippen LogP contribution in [0.25, 0.3) is 10.9 Å². The molecule has 29 heavy (non-hydrogen) atoms. The number of aromatic nitrogens is 2. The average molecular weight is 424 g/mol. The van der Waals surface area contributed by atoms with Crippen LogP contribution in [-0.2, 0) is 27.9 Å². The fourth-order valence-corrected chi connectivity index (χ4v) is 3.96. The molecule has 2 aliphatic rings. The SMILES string of the molecule is CS(=O)(=O)O.N[C@@H]1Cc2ccc3[nH]ncc3c2CN(CCN2CCCCC2)C1=O. The predicted molar refractivity (Wildman–Crippen MR) is 111 cm³/mol. The minimum absolute atomic E-state index is 0.0693. The molecule has 1 aromatic heterocycles. The first-order chi connectivity index (χ1) is 13.7. The zero-order chi connectivity index (χ0) is 21.0. The Hall–Kier alpha value is -2.01. The largest absolute Gasteiger partial charge is 0.336 e. The summed E-state index contributed by atoms with van der Waals surface area (Å²) in [5.41, 5.74) is 9.57. The van der Waals surface area contributed by atoms with Gasteiger partial charge >= 0.3 is 0 Å². The topological polar surface area (TPSA) is 133 Å². The van der Waals surface area contributed by atoms with Crippen molar-refractivity contribution in [2.24, 2.45) is 5.73 Å². The summed E-state index contributed by atoms with van der Waals surface area (Å²) < 4.78 is 25.9. The van der Waals surface area contributed by atoms with Gasteiger partial charge in [0.2, 0.25) is 5.91 Å². The number of aromatic amines is 1. The van der Waals surface area contributed by atoms with Gasteiger partial charge < -0.3 is 15.5 Å². The fraction of sp³-hybridized carbons (Fsp3) is 0.579. The van der Waals surface area contributed by atoms with Crippen LogP contribution in [0.3, 0.4) is 0 Å². The number of carbonyl (C=O) groups is 1. The van der Waals surface area contributed by atoms with E-state index in [1.54, 1.807) is 0 Å². The molecule has 160 valence electrons. The number of nitrogens with zero attached hydrogens (tertiary/aromatic N) is 3. The summed E-state index contributed by atoms with van der Waals surface area (Å²) in [6.07, 6.45) is 7.05. The number of fused-ring (bicyclic) bond motifs is 3. The van der Waals surface area contributed by atoms with Crippen molar-refractivity contribution in [1.82, 2.24) is 20.0 Å². The van der Waals surface area contributed by atoms with Crippen LogP contribution >= 0.6 is 0 Å². The van der Waals surface area contributed by atoms with Crippen LogP contribution in [0, 0.1) is 0 Å². The maximum atomic E-state index is 12.7. The lowest BCUT2D eigenvalue weighted by atomic mass is 9.99. The molecule has 10 heteroatoms. The van der Waals surface area contributed by atoms with E-state index in [1.807, 2.05) is 17.2 Å². The molecule has 0 bridgehead atoms. The molecule has 1 amide bonds. The van der Waals surface area contributed by atoms with E-state index in [0.717, 1.165) is 37.1 Å². The summed E-state index contributed by atoms with van der Waals surface area (Å²) in [4.78, 5) is 17.1. The summed E-state index contributed by atoms with van der Waals surface area (Å²) >= 11 is 0. The molecule has 0 spiro atoms. The number of amides is 1. The van der Waals surface area contributed by atoms with Crippen molar-refractivity contribution in [1.29, 1.82) is 0 Å². The number of likely N-dealkylation sites (tertiary alicyclic amines) is 1. The highest BCUT2D eigenvalue weighted by molar-refractivity contribution is 7.85. The van der Waals surface area contributed by atoms with Crippen LogP contribution in [0.4, 0.5) is 0 Å². The maximum Gasteiger partial charge on any atom is 0.261 e. The molecule has 1 atom stereocenters. The highest BCUT2D eigenvalue weighted by Crippen LogP contribution is 2.26. The quantitative estimate of drug-likeness (QED) is 0.621. The zero-order valence-electron chi connectivity index (χ0n) is 16.7. The van der Waals surface area contributed by atoms with Crippen molar-refractivity contribution in [3.63, 3.8) is 0 Å². The van der Waals surface area contributed by atoms with Gasteiger partial charge in [0.15, 0.2) is 0 Å². The van der Waals surface area contributed by atoms with E-state index in [9.17, 15) is 13.2 Å². The Morgan fingerprint density at radius 1 is 1.24 bits per heavy atom. The van der Waals surface area contributed by atoms with Crippen molar-refractivity contribution in [2.45, 2.75) is 38.3 Å². The number of rotatable bonds is 3. The summed E-state index contributed by atoms with van der Waals surface area (Å²) in [6.45, 7) is 4.62. The third kappa shape index (κ3) is 5.99. The Kier molecular flexibility index (Phi) is 6.89. The predicted octanol–water partition coefficient (Wildman–Crippen LogP) is 0.765. The number of carbonyl (C=O) groups excluding carboxylic acids is 1. The molecule has 2 aromatic rings. The van der Waals surface area contributed by atoms with Crippen molar-refractivity contribution >= 4 is 26.9 Å². The highest BCUT2D eigenvalue weighted by atomic mass is 32.2. The third-order valence-corrected chi connectivity index (χ3v) is 5.39. The number of benzene rings is 1. The molecule has 4 rings (SSSR count). The molecule has 3 heterocycles. The Labute approximate surface area is 171 Å². The Morgan fingerprint density at radius 3 is 2.62 bits per heavy atom. The van der Waals surface area contributed by atoms with Crippen molar-refractivity contribution < 1.29 is 17.8 Å². The minimum Gasteiger partial charge on any atom is -0.336 e. The fourth-order valence-electron chi connectivity index (χ4n) is 3.96. The lowest BCUT2D eigenvalue weighted by molar-refractivity contribution is -0.133. The first-order valence-electron chi connectivity index (χ1n) is 9.85. The second-order valence-electron chi connectivity index (χ2n) is 7.74. The van der Waals surface area contributed by atoms with Crippen LogP contribution < -0.4 is 5.73 Å². The number of nitrogens with two attached hydrogens (primary N) is 1. The molecule has 1 saturated heterocycles. The Bertz CT molecular complexity index is 945. The van der Waals surface area contributed by atoms with Gasteiger partial charge in [-0.2, -0.15) is 13.5 Å². The standard InChI is InChI=1S/C18H25N5O.CH4O3S/c19-16-10-13-4-5-17-14(11-20-21-17)15(13)12-23(18(16)24)9-8-22-6-2-1-3-7-22;1-5(2,3)4/h4-5,11,16H,1-3,6-10,12,19H2,(H,20,21);1H3,(H,2,3,4)/t16-;/m1./s1. The van der Waals surface area contributed by atoms with Gasteiger partial charge in [0.1, 0.15) is 0 Å². The normalized spacial score (nSPS) is 20.7. The van der Waals surface area contributed by atoms with Gasteiger partial charge in [-0.25, -0.2) is 0 Å². The van der Waals surface area contributed by atoms with Crippen LogP contribution in [0.2, 0.25) is 0 Å². The summed E-state index contributed by atoms with van der Waals surface area (Å²) in [5.74, 6) is 0.0693. The average Bonchev–Trinajstić information content (AvgIpc) is 3.10. The van der Waals surface area contributed by atoms with Gasteiger partial charge in [0, 0.05) is 25.0 Å². The molecule has 1 fully saturated rings. The molecule has 0 radical (unpaired) electrons. The van der Waals surface area contributed by atoms with E-state index in [-0.39, 0.29) is 5.91 Å². The van der Waals surface area contributed by atoms with Gasteiger partial charge in [-0.05, 0) is 49.5 Å². The molecule has 0 saturated carbocycles. The van der Waals surface area contributed by atoms with Gasteiger partial charge in [-0.15, -0.1) is 0 Å². The number of nitrogens with one attached hydrogen (secondary N) is 1. The summed E-state index contributed by atoms with van der Waals surface area (Å²) in [7, 11) is -3.67. The Balaban J connectivity index is 0.000000431. The smallest absolute Gasteiger partial charge is 0.261 e. The lowest BCUT2D eigenvalue weighted by Gasteiger charge is -2.30.